The molecule has 0 radical (unpaired) electrons. The molecule has 88 valence electrons. The Morgan fingerprint density at radius 3 is 3.06 bits per heavy atom. The SMILES string of the molecule is COc1ncc(C2CN(C)CCN2)cc1Cl. The molecule has 1 saturated heterocycles. The quantitative estimate of drug-likeness (QED) is 0.848. The molecule has 1 aliphatic rings. The molecule has 1 fully saturated rings. The van der Waals surface area contributed by atoms with Crippen LogP contribution >= 0.6 is 11.6 Å². The third kappa shape index (κ3) is 2.45. The van der Waals surface area contributed by atoms with Crippen LogP contribution in [0, 0.1) is 0 Å². The third-order valence-corrected chi connectivity index (χ3v) is 3.07. The Morgan fingerprint density at radius 2 is 2.44 bits per heavy atom. The number of rotatable bonds is 2. The van der Waals surface area contributed by atoms with Gasteiger partial charge in [0.2, 0.25) is 5.88 Å². The number of piperazine rings is 1. The Labute approximate surface area is 101 Å². The van der Waals surface area contributed by atoms with Gasteiger partial charge >= 0.3 is 0 Å². The van der Waals surface area contributed by atoms with E-state index in [1.54, 1.807) is 7.11 Å². The summed E-state index contributed by atoms with van der Waals surface area (Å²) in [5.74, 6) is 0.481. The van der Waals surface area contributed by atoms with Gasteiger partial charge in [-0.05, 0) is 18.7 Å². The summed E-state index contributed by atoms with van der Waals surface area (Å²) in [4.78, 5) is 6.48. The van der Waals surface area contributed by atoms with Crippen LogP contribution in [0.3, 0.4) is 0 Å². The highest BCUT2D eigenvalue weighted by Gasteiger charge is 2.19. The summed E-state index contributed by atoms with van der Waals surface area (Å²) in [7, 11) is 3.69. The fraction of sp³-hybridized carbons (Fsp3) is 0.545. The van der Waals surface area contributed by atoms with Crippen LogP contribution in [0.25, 0.3) is 0 Å². The molecule has 5 heteroatoms. The predicted molar refractivity (Wildman–Crippen MR) is 64.0 cm³/mol. The number of nitrogens with zero attached hydrogens (tertiary/aromatic N) is 2. The van der Waals surface area contributed by atoms with Gasteiger partial charge in [0.05, 0.1) is 7.11 Å². The van der Waals surface area contributed by atoms with Crippen molar-refractivity contribution in [3.8, 4) is 5.88 Å². The minimum atomic E-state index is 0.301. The summed E-state index contributed by atoms with van der Waals surface area (Å²) >= 11 is 6.06. The summed E-state index contributed by atoms with van der Waals surface area (Å²) in [6.45, 7) is 3.04. The van der Waals surface area contributed by atoms with Crippen molar-refractivity contribution in [3.63, 3.8) is 0 Å². The van der Waals surface area contributed by atoms with Crippen molar-refractivity contribution < 1.29 is 4.74 Å². The first-order valence-electron chi connectivity index (χ1n) is 5.32. The number of likely N-dealkylation sites (N-methyl/N-ethyl adjacent to an activating group) is 1. The molecule has 0 spiro atoms. The first kappa shape index (κ1) is 11.6. The predicted octanol–water partition coefficient (Wildman–Crippen LogP) is 1.32. The Balaban J connectivity index is 2.17. The molecule has 16 heavy (non-hydrogen) atoms. The van der Waals surface area contributed by atoms with Crippen molar-refractivity contribution in [2.24, 2.45) is 0 Å². The Hall–Kier alpha value is -0.840. The van der Waals surface area contributed by atoms with Gasteiger partial charge in [-0.3, -0.25) is 0 Å². The largest absolute Gasteiger partial charge is 0.480 e. The summed E-state index contributed by atoms with van der Waals surface area (Å²) < 4.78 is 5.03. The van der Waals surface area contributed by atoms with Gasteiger partial charge in [0.15, 0.2) is 0 Å². The Kier molecular flexibility index (Phi) is 3.63. The van der Waals surface area contributed by atoms with Gasteiger partial charge in [0.25, 0.3) is 0 Å². The van der Waals surface area contributed by atoms with E-state index in [2.05, 4.69) is 22.2 Å². The zero-order chi connectivity index (χ0) is 11.5. The summed E-state index contributed by atoms with van der Waals surface area (Å²) in [5.41, 5.74) is 1.11. The van der Waals surface area contributed by atoms with E-state index in [0.29, 0.717) is 16.9 Å². The standard InChI is InChI=1S/C11H16ClN3O/c1-15-4-3-13-10(7-15)8-5-9(12)11(16-2)14-6-8/h5-6,10,13H,3-4,7H2,1-2H3. The molecule has 0 bridgehead atoms. The number of nitrogens with one attached hydrogen (secondary N) is 1. The lowest BCUT2D eigenvalue weighted by atomic mass is 10.1. The minimum absolute atomic E-state index is 0.301. The topological polar surface area (TPSA) is 37.4 Å². The highest BCUT2D eigenvalue weighted by molar-refractivity contribution is 6.31. The monoisotopic (exact) mass is 241 g/mol. The molecule has 0 amide bonds. The Morgan fingerprint density at radius 1 is 1.62 bits per heavy atom. The van der Waals surface area contributed by atoms with Gasteiger partial charge in [-0.1, -0.05) is 11.6 Å². The molecule has 0 aliphatic carbocycles. The third-order valence-electron chi connectivity index (χ3n) is 2.80. The minimum Gasteiger partial charge on any atom is -0.480 e. The van der Waals surface area contributed by atoms with Crippen molar-refractivity contribution in [2.75, 3.05) is 33.8 Å². The zero-order valence-corrected chi connectivity index (χ0v) is 10.3. The summed E-state index contributed by atoms with van der Waals surface area (Å²) in [6, 6.07) is 2.22. The van der Waals surface area contributed by atoms with Crippen molar-refractivity contribution in [1.82, 2.24) is 15.2 Å². The lowest BCUT2D eigenvalue weighted by Crippen LogP contribution is -2.43. The first-order chi connectivity index (χ1) is 7.70. The summed E-state index contributed by atoms with van der Waals surface area (Å²) in [6.07, 6.45) is 1.82. The van der Waals surface area contributed by atoms with Gasteiger partial charge in [0.1, 0.15) is 5.02 Å². The fourth-order valence-corrected chi connectivity index (χ4v) is 2.15. The average Bonchev–Trinajstić information content (AvgIpc) is 2.29. The first-order valence-corrected chi connectivity index (χ1v) is 5.70. The smallest absolute Gasteiger partial charge is 0.232 e. The van der Waals surface area contributed by atoms with E-state index in [-0.39, 0.29) is 0 Å². The second kappa shape index (κ2) is 4.99. The van der Waals surface area contributed by atoms with Crippen molar-refractivity contribution in [3.05, 3.63) is 22.8 Å². The maximum Gasteiger partial charge on any atom is 0.232 e. The number of pyridine rings is 1. The van der Waals surface area contributed by atoms with Crippen LogP contribution in [0.15, 0.2) is 12.3 Å². The van der Waals surface area contributed by atoms with Gasteiger partial charge in [-0.15, -0.1) is 0 Å². The molecule has 4 nitrogen and oxygen atoms in total. The van der Waals surface area contributed by atoms with Crippen LogP contribution in [0.2, 0.25) is 5.02 Å². The average molecular weight is 242 g/mol. The van der Waals surface area contributed by atoms with Gasteiger partial charge in [-0.25, -0.2) is 4.98 Å². The van der Waals surface area contributed by atoms with E-state index in [1.807, 2.05) is 12.3 Å². The van der Waals surface area contributed by atoms with Gasteiger partial charge < -0.3 is 15.0 Å². The van der Waals surface area contributed by atoms with Crippen LogP contribution in [-0.2, 0) is 0 Å². The molecule has 1 aromatic rings. The Bertz CT molecular complexity index is 372. The zero-order valence-electron chi connectivity index (χ0n) is 9.53. The van der Waals surface area contributed by atoms with Crippen molar-refractivity contribution in [2.45, 2.75) is 6.04 Å². The van der Waals surface area contributed by atoms with Crippen LogP contribution < -0.4 is 10.1 Å². The van der Waals surface area contributed by atoms with Gasteiger partial charge in [-0.2, -0.15) is 0 Å². The molecule has 0 saturated carbocycles. The lowest BCUT2D eigenvalue weighted by Gasteiger charge is -2.31. The van der Waals surface area contributed by atoms with Gasteiger partial charge in [0, 0.05) is 31.9 Å². The second-order valence-corrected chi connectivity index (χ2v) is 4.44. The van der Waals surface area contributed by atoms with E-state index in [4.69, 9.17) is 16.3 Å². The summed E-state index contributed by atoms with van der Waals surface area (Å²) in [5, 5.41) is 4.01. The fourth-order valence-electron chi connectivity index (χ4n) is 1.90. The highest BCUT2D eigenvalue weighted by atomic mass is 35.5. The number of ether oxygens (including phenoxy) is 1. The maximum absolute atomic E-state index is 6.06. The molecular weight excluding hydrogens is 226 g/mol. The maximum atomic E-state index is 6.06. The molecule has 1 aliphatic heterocycles. The molecule has 1 atom stereocenters. The number of halogens is 1. The van der Waals surface area contributed by atoms with Crippen LogP contribution in [0.4, 0.5) is 0 Å². The van der Waals surface area contributed by atoms with E-state index < -0.39 is 0 Å². The lowest BCUT2D eigenvalue weighted by molar-refractivity contribution is 0.240. The number of hydrogen-bond donors (Lipinski definition) is 1. The van der Waals surface area contributed by atoms with Crippen molar-refractivity contribution >= 4 is 11.6 Å². The molecule has 0 aromatic carbocycles. The molecule has 1 unspecified atom stereocenters. The van der Waals surface area contributed by atoms with Crippen LogP contribution in [0.5, 0.6) is 5.88 Å². The van der Waals surface area contributed by atoms with Crippen LogP contribution in [-0.4, -0.2) is 43.7 Å². The second-order valence-electron chi connectivity index (χ2n) is 4.03. The van der Waals surface area contributed by atoms with E-state index in [9.17, 15) is 0 Å². The molecule has 2 heterocycles. The molecular formula is C11H16ClN3O. The normalized spacial score (nSPS) is 22.1. The molecule has 2 rings (SSSR count). The molecule has 1 aromatic heterocycles. The van der Waals surface area contributed by atoms with E-state index in [0.717, 1.165) is 25.2 Å². The van der Waals surface area contributed by atoms with E-state index >= 15 is 0 Å². The number of hydrogen-bond acceptors (Lipinski definition) is 4. The molecule has 1 N–H and O–H groups in total. The number of aromatic nitrogens is 1. The van der Waals surface area contributed by atoms with Crippen LogP contribution in [0.1, 0.15) is 11.6 Å². The number of methoxy groups -OCH3 is 1. The van der Waals surface area contributed by atoms with Crippen molar-refractivity contribution in [1.29, 1.82) is 0 Å². The van der Waals surface area contributed by atoms with E-state index in [1.165, 1.54) is 0 Å². The highest BCUT2D eigenvalue weighted by Crippen LogP contribution is 2.25.